The first-order valence-electron chi connectivity index (χ1n) is 13.9. The van der Waals surface area contributed by atoms with Crippen LogP contribution >= 0.6 is 0 Å². The molecule has 0 radical (unpaired) electrons. The van der Waals surface area contributed by atoms with Crippen LogP contribution < -0.4 is 14.9 Å². The van der Waals surface area contributed by atoms with Crippen molar-refractivity contribution in [1.82, 2.24) is 5.32 Å². The van der Waals surface area contributed by atoms with Crippen LogP contribution in [0.1, 0.15) is 44.7 Å². The summed E-state index contributed by atoms with van der Waals surface area (Å²) in [5, 5.41) is 5.73. The highest BCUT2D eigenvalue weighted by molar-refractivity contribution is 7.92. The molecule has 1 atom stereocenters. The predicted octanol–water partition coefficient (Wildman–Crippen LogP) is 5.55. The second-order valence-corrected chi connectivity index (χ2v) is 12.0. The fourth-order valence-corrected chi connectivity index (χ4v) is 6.33. The average Bonchev–Trinajstić information content (AvgIpc) is 3.53. The Morgan fingerprint density at radius 1 is 0.833 bits per heavy atom. The minimum Gasteiger partial charge on any atom is -0.376 e. The molecule has 5 rings (SSSR count). The third-order valence-electron chi connectivity index (χ3n) is 7.13. The van der Waals surface area contributed by atoms with Gasteiger partial charge >= 0.3 is 0 Å². The van der Waals surface area contributed by atoms with Gasteiger partial charge in [-0.3, -0.25) is 13.9 Å². The molecule has 4 aromatic carbocycles. The molecule has 0 aromatic heterocycles. The van der Waals surface area contributed by atoms with Gasteiger partial charge in [0.05, 0.1) is 40.0 Å². The van der Waals surface area contributed by atoms with Crippen molar-refractivity contribution in [1.29, 1.82) is 0 Å². The lowest BCUT2D eigenvalue weighted by molar-refractivity contribution is 0.0858. The van der Waals surface area contributed by atoms with Crippen molar-refractivity contribution in [3.63, 3.8) is 0 Å². The van der Waals surface area contributed by atoms with Crippen LogP contribution in [0.25, 0.3) is 0 Å². The van der Waals surface area contributed by atoms with E-state index in [-0.39, 0.29) is 34.7 Å². The van der Waals surface area contributed by atoms with Crippen molar-refractivity contribution in [2.75, 3.05) is 22.8 Å². The molecular formula is C33H33N3O5S. The van der Waals surface area contributed by atoms with Gasteiger partial charge in [0.2, 0.25) is 0 Å². The van der Waals surface area contributed by atoms with Crippen LogP contribution in [0.5, 0.6) is 0 Å². The minimum absolute atomic E-state index is 0.0174. The molecule has 1 aliphatic rings. The first-order valence-corrected chi connectivity index (χ1v) is 15.3. The summed E-state index contributed by atoms with van der Waals surface area (Å²) in [5.74, 6) is -0.871. The van der Waals surface area contributed by atoms with E-state index in [1.807, 2.05) is 37.3 Å². The summed E-state index contributed by atoms with van der Waals surface area (Å²) in [6.07, 6.45) is 1.84. The highest BCUT2D eigenvalue weighted by Gasteiger charge is 2.29. The van der Waals surface area contributed by atoms with Crippen LogP contribution in [-0.2, 0) is 21.3 Å². The zero-order valence-corrected chi connectivity index (χ0v) is 24.1. The van der Waals surface area contributed by atoms with E-state index in [9.17, 15) is 18.0 Å². The fraction of sp³-hybridized carbons (Fsp3) is 0.212. The molecule has 2 amide bonds. The van der Waals surface area contributed by atoms with E-state index >= 15 is 0 Å². The Hall–Kier alpha value is -4.47. The third-order valence-corrected chi connectivity index (χ3v) is 8.90. The number of para-hydroxylation sites is 2. The van der Waals surface area contributed by atoms with Crippen LogP contribution in [0.2, 0.25) is 0 Å². The Morgan fingerprint density at radius 2 is 1.50 bits per heavy atom. The van der Waals surface area contributed by atoms with Gasteiger partial charge in [0, 0.05) is 13.2 Å². The van der Waals surface area contributed by atoms with Gasteiger partial charge in [-0.1, -0.05) is 72.3 Å². The number of anilines is 2. The van der Waals surface area contributed by atoms with Gasteiger partial charge in [-0.05, 0) is 61.7 Å². The second-order valence-electron chi connectivity index (χ2n) is 10.2. The third kappa shape index (κ3) is 6.70. The summed E-state index contributed by atoms with van der Waals surface area (Å²) in [4.78, 5) is 26.9. The maximum Gasteiger partial charge on any atom is 0.264 e. The van der Waals surface area contributed by atoms with Crippen LogP contribution in [0.3, 0.4) is 0 Å². The minimum atomic E-state index is -4.06. The molecule has 4 aromatic rings. The van der Waals surface area contributed by atoms with Crippen molar-refractivity contribution in [3.05, 3.63) is 125 Å². The van der Waals surface area contributed by atoms with E-state index in [4.69, 9.17) is 4.74 Å². The zero-order valence-electron chi connectivity index (χ0n) is 23.3. The van der Waals surface area contributed by atoms with E-state index < -0.39 is 15.9 Å². The number of carbonyl (C=O) groups is 2. The monoisotopic (exact) mass is 583 g/mol. The quantitative estimate of drug-likeness (QED) is 0.255. The summed E-state index contributed by atoms with van der Waals surface area (Å²) in [5.41, 5.74) is 2.68. The maximum atomic E-state index is 14.0. The van der Waals surface area contributed by atoms with E-state index in [1.165, 1.54) is 4.31 Å². The molecular weight excluding hydrogens is 550 g/mol. The number of hydrogen-bond donors (Lipinski definition) is 2. The Balaban J connectivity index is 1.46. The molecule has 2 N–H and O–H groups in total. The number of aryl methyl sites for hydroxylation is 1. The lowest BCUT2D eigenvalue weighted by Gasteiger charge is -2.27. The van der Waals surface area contributed by atoms with Crippen LogP contribution in [-0.4, -0.2) is 39.5 Å². The smallest absolute Gasteiger partial charge is 0.264 e. The summed E-state index contributed by atoms with van der Waals surface area (Å²) in [6, 6.07) is 29.1. The normalized spacial score (nSPS) is 14.7. The number of carbonyl (C=O) groups excluding carboxylic acids is 2. The largest absolute Gasteiger partial charge is 0.376 e. The summed E-state index contributed by atoms with van der Waals surface area (Å²) >= 11 is 0. The van der Waals surface area contributed by atoms with Crippen LogP contribution in [0, 0.1) is 6.92 Å². The van der Waals surface area contributed by atoms with Crippen molar-refractivity contribution >= 4 is 33.2 Å². The van der Waals surface area contributed by atoms with Crippen LogP contribution in [0.15, 0.2) is 108 Å². The zero-order chi connectivity index (χ0) is 29.5. The van der Waals surface area contributed by atoms with E-state index in [0.717, 1.165) is 24.0 Å². The first kappa shape index (κ1) is 29.0. The first-order chi connectivity index (χ1) is 20.3. The number of sulfonamides is 1. The average molecular weight is 584 g/mol. The standard InChI is InChI=1S/C33H33N3O5S/c1-24-17-19-27(20-18-24)42(39,40)36(23-25-10-3-2-4-11-25)31-16-8-6-14-29(31)33(38)35-30-15-7-5-13-28(30)32(37)34-22-26-12-9-21-41-26/h2-8,10-11,13-20,26H,9,12,21-23H2,1H3,(H,34,37)(H,35,38)/t26-/m0/s1. The molecule has 8 nitrogen and oxygen atoms in total. The molecule has 1 aliphatic heterocycles. The van der Waals surface area contributed by atoms with Gasteiger partial charge in [0.25, 0.3) is 21.8 Å². The Labute approximate surface area is 246 Å². The predicted molar refractivity (Wildman–Crippen MR) is 163 cm³/mol. The topological polar surface area (TPSA) is 105 Å². The molecule has 216 valence electrons. The molecule has 1 heterocycles. The lowest BCUT2D eigenvalue weighted by Crippen LogP contribution is -2.33. The molecule has 0 saturated carbocycles. The van der Waals surface area contributed by atoms with E-state index in [0.29, 0.717) is 24.4 Å². The van der Waals surface area contributed by atoms with Crippen molar-refractivity contribution < 1.29 is 22.7 Å². The number of nitrogens with zero attached hydrogens (tertiary/aromatic N) is 1. The van der Waals surface area contributed by atoms with Gasteiger partial charge in [0.1, 0.15) is 0 Å². The molecule has 0 aliphatic carbocycles. The number of amides is 2. The van der Waals surface area contributed by atoms with Crippen LogP contribution in [0.4, 0.5) is 11.4 Å². The van der Waals surface area contributed by atoms with Crippen molar-refractivity contribution in [2.24, 2.45) is 0 Å². The van der Waals surface area contributed by atoms with Gasteiger partial charge in [-0.2, -0.15) is 0 Å². The van der Waals surface area contributed by atoms with Gasteiger partial charge in [-0.15, -0.1) is 0 Å². The van der Waals surface area contributed by atoms with E-state index in [1.54, 1.807) is 72.8 Å². The van der Waals surface area contributed by atoms with Gasteiger partial charge in [0.15, 0.2) is 0 Å². The maximum absolute atomic E-state index is 14.0. The van der Waals surface area contributed by atoms with Crippen molar-refractivity contribution in [2.45, 2.75) is 37.3 Å². The van der Waals surface area contributed by atoms with E-state index in [2.05, 4.69) is 10.6 Å². The number of rotatable bonds is 10. The lowest BCUT2D eigenvalue weighted by atomic mass is 10.1. The number of ether oxygens (including phenoxy) is 1. The molecule has 42 heavy (non-hydrogen) atoms. The highest BCUT2D eigenvalue weighted by Crippen LogP contribution is 2.30. The van der Waals surface area contributed by atoms with Gasteiger partial charge in [-0.25, -0.2) is 8.42 Å². The SMILES string of the molecule is Cc1ccc(S(=O)(=O)N(Cc2ccccc2)c2ccccc2C(=O)Nc2ccccc2C(=O)NC[C@@H]2CCCO2)cc1. The Bertz CT molecular complexity index is 1650. The van der Waals surface area contributed by atoms with Gasteiger partial charge < -0.3 is 15.4 Å². The molecule has 1 fully saturated rings. The summed E-state index contributed by atoms with van der Waals surface area (Å²) in [6.45, 7) is 2.98. The molecule has 0 spiro atoms. The molecule has 9 heteroatoms. The molecule has 1 saturated heterocycles. The van der Waals surface area contributed by atoms with Crippen molar-refractivity contribution in [3.8, 4) is 0 Å². The number of nitrogens with one attached hydrogen (secondary N) is 2. The number of benzene rings is 4. The summed E-state index contributed by atoms with van der Waals surface area (Å²) < 4.78 is 34.9. The Morgan fingerprint density at radius 3 is 2.21 bits per heavy atom. The number of hydrogen-bond acceptors (Lipinski definition) is 5. The second kappa shape index (κ2) is 13.0. The Kier molecular flexibility index (Phi) is 9.00. The highest BCUT2D eigenvalue weighted by atomic mass is 32.2. The fourth-order valence-electron chi connectivity index (χ4n) is 4.86. The molecule has 0 bridgehead atoms. The molecule has 0 unspecified atom stereocenters. The summed E-state index contributed by atoms with van der Waals surface area (Å²) in [7, 11) is -4.06.